The molecule has 1 heterocycles. The van der Waals surface area contributed by atoms with E-state index in [1.54, 1.807) is 0 Å². The van der Waals surface area contributed by atoms with Crippen LogP contribution in [0.4, 0.5) is 0 Å². The van der Waals surface area contributed by atoms with E-state index in [-0.39, 0.29) is 17.6 Å². The summed E-state index contributed by atoms with van der Waals surface area (Å²) < 4.78 is 0. The van der Waals surface area contributed by atoms with Gasteiger partial charge in [-0.1, -0.05) is 91.0 Å². The van der Waals surface area contributed by atoms with Crippen molar-refractivity contribution < 1.29 is 4.79 Å². The van der Waals surface area contributed by atoms with Gasteiger partial charge in [0.15, 0.2) is 5.78 Å². The molecule has 6 rings (SSSR count). The maximum absolute atomic E-state index is 13.5. The Morgan fingerprint density at radius 2 is 1.75 bits per heavy atom. The molecule has 2 unspecified atom stereocenters. The van der Waals surface area contributed by atoms with Crippen molar-refractivity contribution in [1.82, 2.24) is 10.6 Å². The first kappa shape index (κ1) is 22.5. The maximum atomic E-state index is 13.5. The van der Waals surface area contributed by atoms with Crippen LogP contribution in [-0.2, 0) is 17.8 Å². The Balaban J connectivity index is 1.37. The lowest BCUT2D eigenvalue weighted by atomic mass is 9.76. The van der Waals surface area contributed by atoms with Crippen molar-refractivity contribution >= 4 is 17.9 Å². The second-order valence-corrected chi connectivity index (χ2v) is 9.72. The molecular weight excluding hydrogens is 440 g/mol. The van der Waals surface area contributed by atoms with Gasteiger partial charge in [0.2, 0.25) is 0 Å². The third kappa shape index (κ3) is 4.38. The molecular formula is C33H30N2O. The Hall–Kier alpha value is -3.95. The fourth-order valence-corrected chi connectivity index (χ4v) is 5.69. The Bertz CT molecular complexity index is 1510. The molecule has 2 aliphatic carbocycles. The third-order valence-electron chi connectivity index (χ3n) is 7.49. The van der Waals surface area contributed by atoms with E-state index < -0.39 is 0 Å². The summed E-state index contributed by atoms with van der Waals surface area (Å²) in [5.74, 6) is 0.244. The van der Waals surface area contributed by atoms with Crippen molar-refractivity contribution in [2.75, 3.05) is 6.54 Å². The van der Waals surface area contributed by atoms with Crippen LogP contribution in [0, 0.1) is 5.92 Å². The molecule has 3 aromatic carbocycles. The van der Waals surface area contributed by atoms with E-state index in [9.17, 15) is 4.79 Å². The van der Waals surface area contributed by atoms with E-state index >= 15 is 0 Å². The van der Waals surface area contributed by atoms with Gasteiger partial charge in [-0.2, -0.15) is 0 Å². The zero-order chi connectivity index (χ0) is 24.3. The van der Waals surface area contributed by atoms with Crippen LogP contribution in [0.1, 0.15) is 29.0 Å². The van der Waals surface area contributed by atoms with Crippen LogP contribution < -0.4 is 21.1 Å². The van der Waals surface area contributed by atoms with Gasteiger partial charge in [0.25, 0.3) is 0 Å². The van der Waals surface area contributed by atoms with Crippen molar-refractivity contribution in [2.24, 2.45) is 5.92 Å². The summed E-state index contributed by atoms with van der Waals surface area (Å²) >= 11 is 0. The maximum Gasteiger partial charge on any atom is 0.153 e. The Morgan fingerprint density at radius 3 is 2.67 bits per heavy atom. The molecule has 0 bridgehead atoms. The lowest BCUT2D eigenvalue weighted by molar-refractivity contribution is -0.120. The molecule has 3 nitrogen and oxygen atoms in total. The SMILES string of the molecule is O=C(CNCc1ccccc1)C1C=c2c(ccc3c2=CCc2ccccc2-3)C(C2=CC=CC=CN2)C1. The average molecular weight is 471 g/mol. The first-order chi connectivity index (χ1) is 17.8. The van der Waals surface area contributed by atoms with Gasteiger partial charge in [0, 0.05) is 30.3 Å². The Kier molecular flexibility index (Phi) is 6.23. The smallest absolute Gasteiger partial charge is 0.153 e. The molecule has 3 heteroatoms. The van der Waals surface area contributed by atoms with E-state index in [0.29, 0.717) is 13.1 Å². The lowest BCUT2D eigenvalue weighted by Crippen LogP contribution is -2.41. The van der Waals surface area contributed by atoms with Crippen LogP contribution in [-0.4, -0.2) is 12.3 Å². The summed E-state index contributed by atoms with van der Waals surface area (Å²) in [7, 11) is 0. The highest BCUT2D eigenvalue weighted by Gasteiger charge is 2.30. The van der Waals surface area contributed by atoms with E-state index in [0.717, 1.165) is 18.5 Å². The third-order valence-corrected chi connectivity index (χ3v) is 7.49. The highest BCUT2D eigenvalue weighted by molar-refractivity contribution is 5.89. The number of hydrogen-bond donors (Lipinski definition) is 2. The average Bonchev–Trinajstić information content (AvgIpc) is 3.22. The standard InChI is InChI=1S/C33H30N2O/c36-33(22-34-21-23-9-3-1-4-10-23)25-19-30-28-15-14-24-11-6-7-12-26(24)27(28)16-17-29(30)31(20-25)32-13-5-2-8-18-35-32/h1-13,15-19,25,31,34-35H,14,20-22H2. The molecule has 2 N–H and O–H groups in total. The number of allylic oxidation sites excluding steroid dienone is 5. The fourth-order valence-electron chi connectivity index (χ4n) is 5.69. The summed E-state index contributed by atoms with van der Waals surface area (Å²) in [6, 6.07) is 23.5. The van der Waals surface area contributed by atoms with Gasteiger partial charge in [-0.05, 0) is 63.2 Å². The summed E-state index contributed by atoms with van der Waals surface area (Å²) in [5.41, 5.74) is 7.56. The molecule has 0 saturated heterocycles. The quantitative estimate of drug-likeness (QED) is 0.558. The molecule has 3 aromatic rings. The molecule has 3 aliphatic rings. The van der Waals surface area contributed by atoms with Crippen molar-refractivity contribution in [3.8, 4) is 11.1 Å². The van der Waals surface area contributed by atoms with Crippen LogP contribution in [0.25, 0.3) is 23.3 Å². The topological polar surface area (TPSA) is 41.1 Å². The van der Waals surface area contributed by atoms with Gasteiger partial charge < -0.3 is 10.6 Å². The van der Waals surface area contributed by atoms with Crippen LogP contribution >= 0.6 is 0 Å². The predicted octanol–water partition coefficient (Wildman–Crippen LogP) is 4.49. The minimum Gasteiger partial charge on any atom is -0.364 e. The number of carbonyl (C=O) groups excluding carboxylic acids is 1. The van der Waals surface area contributed by atoms with Gasteiger partial charge in [0.05, 0.1) is 6.54 Å². The number of hydrogen-bond acceptors (Lipinski definition) is 3. The molecule has 0 aromatic heterocycles. The van der Waals surface area contributed by atoms with Crippen molar-refractivity contribution in [3.63, 3.8) is 0 Å². The minimum atomic E-state index is -0.137. The second-order valence-electron chi connectivity index (χ2n) is 9.72. The second kappa shape index (κ2) is 9.96. The Morgan fingerprint density at radius 1 is 0.889 bits per heavy atom. The van der Waals surface area contributed by atoms with E-state index in [1.807, 2.05) is 36.6 Å². The van der Waals surface area contributed by atoms with E-state index in [4.69, 9.17) is 0 Å². The highest BCUT2D eigenvalue weighted by atomic mass is 16.1. The van der Waals surface area contributed by atoms with Crippen LogP contribution in [0.15, 0.2) is 103 Å². The van der Waals surface area contributed by atoms with Gasteiger partial charge in [-0.25, -0.2) is 0 Å². The van der Waals surface area contributed by atoms with E-state index in [2.05, 4.69) is 83.5 Å². The summed E-state index contributed by atoms with van der Waals surface area (Å²) in [5, 5.41) is 9.34. The molecule has 0 saturated carbocycles. The van der Waals surface area contributed by atoms with Gasteiger partial charge in [-0.15, -0.1) is 0 Å². The molecule has 2 atom stereocenters. The van der Waals surface area contributed by atoms with Crippen molar-refractivity contribution in [3.05, 3.63) is 130 Å². The van der Waals surface area contributed by atoms with Gasteiger partial charge in [0.1, 0.15) is 0 Å². The predicted molar refractivity (Wildman–Crippen MR) is 147 cm³/mol. The highest BCUT2D eigenvalue weighted by Crippen LogP contribution is 2.34. The van der Waals surface area contributed by atoms with E-state index in [1.165, 1.54) is 38.3 Å². The number of nitrogens with one attached hydrogen (secondary N) is 2. The summed E-state index contributed by atoms with van der Waals surface area (Å²) in [6.45, 7) is 1.06. The van der Waals surface area contributed by atoms with Crippen molar-refractivity contribution in [1.29, 1.82) is 0 Å². The molecule has 0 amide bonds. The number of fused-ring (bicyclic) bond motifs is 5. The zero-order valence-corrected chi connectivity index (χ0v) is 20.3. The molecule has 178 valence electrons. The van der Waals surface area contributed by atoms with Gasteiger partial charge >= 0.3 is 0 Å². The number of benzene rings is 3. The molecule has 0 fully saturated rings. The van der Waals surface area contributed by atoms with Gasteiger partial charge in [-0.3, -0.25) is 4.79 Å². The molecule has 36 heavy (non-hydrogen) atoms. The first-order valence-corrected chi connectivity index (χ1v) is 12.8. The molecule has 1 aliphatic heterocycles. The largest absolute Gasteiger partial charge is 0.364 e. The monoisotopic (exact) mass is 470 g/mol. The molecule has 0 radical (unpaired) electrons. The van der Waals surface area contributed by atoms with Crippen LogP contribution in [0.3, 0.4) is 0 Å². The summed E-state index contributed by atoms with van der Waals surface area (Å²) in [6.07, 6.45) is 16.5. The Labute approximate surface area is 212 Å². The zero-order valence-electron chi connectivity index (χ0n) is 20.3. The first-order valence-electron chi connectivity index (χ1n) is 12.8. The van der Waals surface area contributed by atoms with Crippen LogP contribution in [0.2, 0.25) is 0 Å². The minimum absolute atomic E-state index is 0.136. The number of Topliss-reactive ketones (excluding diaryl/α,β-unsaturated/α-hetero) is 1. The number of carbonyl (C=O) groups is 1. The number of ketones is 1. The fraction of sp³-hybridized carbons (Fsp3) is 0.182. The number of rotatable bonds is 6. The van der Waals surface area contributed by atoms with Crippen LogP contribution in [0.5, 0.6) is 0 Å². The normalized spacial score (nSPS) is 19.4. The summed E-state index contributed by atoms with van der Waals surface area (Å²) in [4.78, 5) is 13.5. The molecule has 0 spiro atoms. The van der Waals surface area contributed by atoms with Crippen molar-refractivity contribution in [2.45, 2.75) is 25.3 Å². The lowest BCUT2D eigenvalue weighted by Gasteiger charge is -2.30.